The molecule has 2 N–H and O–H groups in total. The van der Waals surface area contributed by atoms with E-state index in [1.807, 2.05) is 14.1 Å². The van der Waals surface area contributed by atoms with E-state index in [0.29, 0.717) is 24.0 Å². The molecule has 21 heavy (non-hydrogen) atoms. The molecule has 1 rings (SSSR count). The highest BCUT2D eigenvalue weighted by Gasteiger charge is 2.06. The average molecular weight is 293 g/mol. The molecule has 0 bridgehead atoms. The third-order valence-corrected chi connectivity index (χ3v) is 2.99. The van der Waals surface area contributed by atoms with Crippen LogP contribution in [0.1, 0.15) is 37.0 Å². The Bertz CT molecular complexity index is 417. The number of nitrogens with zero attached hydrogens (tertiary/aromatic N) is 3. The van der Waals surface area contributed by atoms with Crippen LogP contribution < -0.4 is 10.6 Å². The van der Waals surface area contributed by atoms with E-state index in [1.165, 1.54) is 0 Å². The topological polar surface area (TPSA) is 70.2 Å². The van der Waals surface area contributed by atoms with Crippen molar-refractivity contribution in [2.75, 3.05) is 39.0 Å². The van der Waals surface area contributed by atoms with Gasteiger partial charge in [-0.25, -0.2) is 9.97 Å². The summed E-state index contributed by atoms with van der Waals surface area (Å²) in [5.74, 6) is 1.09. The molecule has 0 aliphatic carbocycles. The first-order valence-electron chi connectivity index (χ1n) is 7.48. The average Bonchev–Trinajstić information content (AvgIpc) is 2.43. The molecule has 6 heteroatoms. The summed E-state index contributed by atoms with van der Waals surface area (Å²) in [5.41, 5.74) is 0.495. The van der Waals surface area contributed by atoms with Gasteiger partial charge < -0.3 is 15.5 Å². The number of carbonyl (C=O) groups excluding carboxylic acids is 1. The van der Waals surface area contributed by atoms with Crippen LogP contribution in [-0.2, 0) is 0 Å². The molecular weight excluding hydrogens is 266 g/mol. The molecule has 118 valence electrons. The van der Waals surface area contributed by atoms with Crippen molar-refractivity contribution in [3.05, 3.63) is 18.0 Å². The SMILES string of the molecule is CC(C)CCNc1ncc(C(=O)NCCCN(C)C)cn1. The monoisotopic (exact) mass is 293 g/mol. The van der Waals surface area contributed by atoms with Gasteiger partial charge in [0.05, 0.1) is 5.56 Å². The van der Waals surface area contributed by atoms with Crippen molar-refractivity contribution in [2.45, 2.75) is 26.7 Å². The third kappa shape index (κ3) is 7.60. The Morgan fingerprint density at radius 3 is 2.48 bits per heavy atom. The summed E-state index contributed by atoms with van der Waals surface area (Å²) in [6.07, 6.45) is 5.11. The Morgan fingerprint density at radius 1 is 1.24 bits per heavy atom. The number of hydrogen-bond acceptors (Lipinski definition) is 5. The fraction of sp³-hybridized carbons (Fsp3) is 0.667. The maximum Gasteiger partial charge on any atom is 0.254 e. The number of rotatable bonds is 9. The highest BCUT2D eigenvalue weighted by atomic mass is 16.1. The molecule has 0 saturated heterocycles. The molecule has 1 aromatic rings. The Kier molecular flexibility index (Phi) is 7.68. The molecule has 0 fully saturated rings. The van der Waals surface area contributed by atoms with Gasteiger partial charge in [-0.15, -0.1) is 0 Å². The Labute approximate surface area is 127 Å². The maximum atomic E-state index is 11.9. The minimum absolute atomic E-state index is 0.123. The zero-order chi connectivity index (χ0) is 15.7. The lowest BCUT2D eigenvalue weighted by Gasteiger charge is -2.10. The summed E-state index contributed by atoms with van der Waals surface area (Å²) < 4.78 is 0. The zero-order valence-corrected chi connectivity index (χ0v) is 13.5. The largest absolute Gasteiger partial charge is 0.354 e. The van der Waals surface area contributed by atoms with Gasteiger partial charge in [-0.1, -0.05) is 13.8 Å². The van der Waals surface area contributed by atoms with Crippen LogP contribution in [0.25, 0.3) is 0 Å². The summed E-state index contributed by atoms with van der Waals surface area (Å²) in [6, 6.07) is 0. The Hall–Kier alpha value is -1.69. The number of nitrogens with one attached hydrogen (secondary N) is 2. The Morgan fingerprint density at radius 2 is 1.90 bits per heavy atom. The van der Waals surface area contributed by atoms with E-state index < -0.39 is 0 Å². The van der Waals surface area contributed by atoms with Crippen molar-refractivity contribution in [2.24, 2.45) is 5.92 Å². The second-order valence-corrected chi connectivity index (χ2v) is 5.82. The second-order valence-electron chi connectivity index (χ2n) is 5.82. The summed E-state index contributed by atoms with van der Waals surface area (Å²) in [4.78, 5) is 22.3. The van der Waals surface area contributed by atoms with Gasteiger partial charge in [0.2, 0.25) is 5.95 Å². The van der Waals surface area contributed by atoms with E-state index in [1.54, 1.807) is 12.4 Å². The molecule has 0 unspecified atom stereocenters. The number of amides is 1. The first kappa shape index (κ1) is 17.4. The molecule has 0 atom stereocenters. The zero-order valence-electron chi connectivity index (χ0n) is 13.5. The van der Waals surface area contributed by atoms with Crippen molar-refractivity contribution in [3.8, 4) is 0 Å². The van der Waals surface area contributed by atoms with Crippen LogP contribution in [0.4, 0.5) is 5.95 Å². The van der Waals surface area contributed by atoms with E-state index in [2.05, 4.69) is 39.3 Å². The number of carbonyl (C=O) groups is 1. The quantitative estimate of drug-likeness (QED) is 0.677. The van der Waals surface area contributed by atoms with Crippen LogP contribution in [0.15, 0.2) is 12.4 Å². The molecule has 6 nitrogen and oxygen atoms in total. The molecule has 0 aliphatic rings. The van der Waals surface area contributed by atoms with Crippen molar-refractivity contribution in [1.82, 2.24) is 20.2 Å². The molecule has 1 aromatic heterocycles. The van der Waals surface area contributed by atoms with E-state index in [9.17, 15) is 4.79 Å². The van der Waals surface area contributed by atoms with Crippen molar-refractivity contribution in [3.63, 3.8) is 0 Å². The molecular formula is C15H27N5O. The van der Waals surface area contributed by atoms with Gasteiger partial charge >= 0.3 is 0 Å². The highest BCUT2D eigenvalue weighted by molar-refractivity contribution is 5.93. The standard InChI is InChI=1S/C15H27N5O/c1-12(2)6-8-17-15-18-10-13(11-19-15)14(21)16-7-5-9-20(3)4/h10-12H,5-9H2,1-4H3,(H,16,21)(H,17,18,19). The maximum absolute atomic E-state index is 11.9. The van der Waals surface area contributed by atoms with Gasteiger partial charge in [-0.2, -0.15) is 0 Å². The molecule has 0 spiro atoms. The van der Waals surface area contributed by atoms with Gasteiger partial charge in [0.15, 0.2) is 0 Å². The van der Waals surface area contributed by atoms with Gasteiger partial charge in [0, 0.05) is 25.5 Å². The van der Waals surface area contributed by atoms with Crippen LogP contribution in [-0.4, -0.2) is 54.5 Å². The van der Waals surface area contributed by atoms with Crippen molar-refractivity contribution < 1.29 is 4.79 Å². The van der Waals surface area contributed by atoms with Crippen molar-refractivity contribution in [1.29, 1.82) is 0 Å². The smallest absolute Gasteiger partial charge is 0.254 e. The van der Waals surface area contributed by atoms with Gasteiger partial charge in [0.1, 0.15) is 0 Å². The summed E-state index contributed by atoms with van der Waals surface area (Å²) in [5, 5.41) is 6.01. The highest BCUT2D eigenvalue weighted by Crippen LogP contribution is 2.03. The lowest BCUT2D eigenvalue weighted by Crippen LogP contribution is -2.27. The van der Waals surface area contributed by atoms with E-state index in [0.717, 1.165) is 25.9 Å². The van der Waals surface area contributed by atoms with Gasteiger partial charge in [0.25, 0.3) is 5.91 Å². The third-order valence-electron chi connectivity index (χ3n) is 2.99. The lowest BCUT2D eigenvalue weighted by atomic mass is 10.1. The summed E-state index contributed by atoms with van der Waals surface area (Å²) in [7, 11) is 4.03. The molecule has 0 aromatic carbocycles. The minimum atomic E-state index is -0.123. The normalized spacial score (nSPS) is 11.0. The minimum Gasteiger partial charge on any atom is -0.354 e. The second kappa shape index (κ2) is 9.28. The van der Waals surface area contributed by atoms with Crippen LogP contribution in [0.3, 0.4) is 0 Å². The lowest BCUT2D eigenvalue weighted by molar-refractivity contribution is 0.0951. The van der Waals surface area contributed by atoms with Gasteiger partial charge in [-0.05, 0) is 39.4 Å². The van der Waals surface area contributed by atoms with Crippen LogP contribution in [0.5, 0.6) is 0 Å². The van der Waals surface area contributed by atoms with Crippen LogP contribution >= 0.6 is 0 Å². The summed E-state index contributed by atoms with van der Waals surface area (Å²) in [6.45, 7) is 6.80. The number of hydrogen-bond donors (Lipinski definition) is 2. The predicted octanol–water partition coefficient (Wildman–Crippen LogP) is 1.62. The number of aromatic nitrogens is 2. The summed E-state index contributed by atoms with van der Waals surface area (Å²) >= 11 is 0. The molecule has 0 aliphatic heterocycles. The van der Waals surface area contributed by atoms with Crippen molar-refractivity contribution >= 4 is 11.9 Å². The molecule has 1 heterocycles. The number of anilines is 1. The van der Waals surface area contributed by atoms with Gasteiger partial charge in [-0.3, -0.25) is 4.79 Å². The van der Waals surface area contributed by atoms with E-state index >= 15 is 0 Å². The van der Waals surface area contributed by atoms with E-state index in [-0.39, 0.29) is 5.91 Å². The Balaban J connectivity index is 2.33. The van der Waals surface area contributed by atoms with E-state index in [4.69, 9.17) is 0 Å². The fourth-order valence-electron chi connectivity index (χ4n) is 1.71. The molecule has 0 saturated carbocycles. The first-order chi connectivity index (χ1) is 9.99. The van der Waals surface area contributed by atoms with Crippen LogP contribution in [0, 0.1) is 5.92 Å². The van der Waals surface area contributed by atoms with Crippen LogP contribution in [0.2, 0.25) is 0 Å². The molecule has 0 radical (unpaired) electrons. The first-order valence-corrected chi connectivity index (χ1v) is 7.48. The predicted molar refractivity (Wildman–Crippen MR) is 85.5 cm³/mol. The fourth-order valence-corrected chi connectivity index (χ4v) is 1.71. The molecule has 1 amide bonds.